The molecule has 1 atom stereocenters. The molecule has 0 saturated heterocycles. The lowest BCUT2D eigenvalue weighted by Gasteiger charge is -2.09. The van der Waals surface area contributed by atoms with Gasteiger partial charge in [-0.05, 0) is 12.1 Å². The maximum atomic E-state index is 9.13. The number of halogens is 1. The van der Waals surface area contributed by atoms with Crippen molar-refractivity contribution in [3.05, 3.63) is 35.9 Å². The van der Waals surface area contributed by atoms with Crippen LogP contribution < -0.4 is 0 Å². The van der Waals surface area contributed by atoms with E-state index < -0.39 is 0 Å². The number of thioether (sulfide) groups is 1. The molecule has 86 valence electrons. The van der Waals surface area contributed by atoms with Gasteiger partial charge in [0.2, 0.25) is 0 Å². The maximum absolute atomic E-state index is 9.13. The lowest BCUT2D eigenvalue weighted by atomic mass is 10.2. The molecule has 2 nitrogen and oxygen atoms in total. The van der Waals surface area contributed by atoms with Gasteiger partial charge in [-0.25, -0.2) is 4.98 Å². The van der Waals surface area contributed by atoms with Gasteiger partial charge in [0.15, 0.2) is 0 Å². The van der Waals surface area contributed by atoms with Crippen molar-refractivity contribution in [2.45, 2.75) is 17.2 Å². The van der Waals surface area contributed by atoms with E-state index in [2.05, 4.69) is 11.1 Å². The number of hydrogen-bond donors (Lipinski definition) is 0. The van der Waals surface area contributed by atoms with Crippen LogP contribution in [0.25, 0.3) is 10.9 Å². The number of benzene rings is 1. The van der Waals surface area contributed by atoms with Gasteiger partial charge in [-0.2, -0.15) is 5.26 Å². The molecule has 0 radical (unpaired) electrons. The standard InChI is InChI=1S/C13H11ClN2S/c1-9(7-14)17-13-11(8-15)6-10-4-2-3-5-12(10)16-13/h2-6,9H,7H2,1H3. The Labute approximate surface area is 110 Å². The van der Waals surface area contributed by atoms with Crippen LogP contribution in [0.1, 0.15) is 12.5 Å². The molecule has 1 unspecified atom stereocenters. The Morgan fingerprint density at radius 3 is 2.94 bits per heavy atom. The van der Waals surface area contributed by atoms with Crippen LogP contribution in [-0.2, 0) is 0 Å². The molecule has 0 aliphatic rings. The molecule has 0 fully saturated rings. The number of aromatic nitrogens is 1. The molecule has 2 rings (SSSR count). The van der Waals surface area contributed by atoms with Crippen LogP contribution in [0.15, 0.2) is 35.4 Å². The van der Waals surface area contributed by atoms with E-state index >= 15 is 0 Å². The van der Waals surface area contributed by atoms with Crippen molar-refractivity contribution in [2.75, 3.05) is 5.88 Å². The molecule has 2 aromatic rings. The van der Waals surface area contributed by atoms with E-state index in [0.29, 0.717) is 11.4 Å². The highest BCUT2D eigenvalue weighted by atomic mass is 35.5. The number of para-hydroxylation sites is 1. The van der Waals surface area contributed by atoms with E-state index in [1.54, 1.807) is 11.8 Å². The minimum absolute atomic E-state index is 0.248. The summed E-state index contributed by atoms with van der Waals surface area (Å²) in [5.41, 5.74) is 1.53. The summed E-state index contributed by atoms with van der Waals surface area (Å²) in [6.45, 7) is 2.02. The first-order valence-corrected chi connectivity index (χ1v) is 6.68. The summed E-state index contributed by atoms with van der Waals surface area (Å²) >= 11 is 7.33. The Kier molecular flexibility index (Phi) is 3.88. The molecule has 1 heterocycles. The summed E-state index contributed by atoms with van der Waals surface area (Å²) < 4.78 is 0. The number of fused-ring (bicyclic) bond motifs is 1. The number of nitriles is 1. The third-order valence-electron chi connectivity index (χ3n) is 2.34. The van der Waals surface area contributed by atoms with Gasteiger partial charge < -0.3 is 0 Å². The second-order valence-corrected chi connectivity index (χ2v) is 5.46. The number of nitrogens with zero attached hydrogens (tertiary/aromatic N) is 2. The molecule has 4 heteroatoms. The highest BCUT2D eigenvalue weighted by molar-refractivity contribution is 8.00. The van der Waals surface area contributed by atoms with Crippen LogP contribution in [0.2, 0.25) is 0 Å². The van der Waals surface area contributed by atoms with Gasteiger partial charge in [0.25, 0.3) is 0 Å². The van der Waals surface area contributed by atoms with E-state index in [1.807, 2.05) is 37.3 Å². The number of rotatable bonds is 3. The van der Waals surface area contributed by atoms with E-state index in [0.717, 1.165) is 15.9 Å². The Morgan fingerprint density at radius 1 is 1.47 bits per heavy atom. The Morgan fingerprint density at radius 2 is 2.24 bits per heavy atom. The van der Waals surface area contributed by atoms with Crippen molar-refractivity contribution >= 4 is 34.3 Å². The highest BCUT2D eigenvalue weighted by Gasteiger charge is 2.10. The molecule has 0 amide bonds. The van der Waals surface area contributed by atoms with Gasteiger partial charge in [0.1, 0.15) is 11.1 Å². The van der Waals surface area contributed by atoms with Gasteiger partial charge in [-0.1, -0.05) is 25.1 Å². The van der Waals surface area contributed by atoms with E-state index in [4.69, 9.17) is 16.9 Å². The third-order valence-corrected chi connectivity index (χ3v) is 4.09. The summed E-state index contributed by atoms with van der Waals surface area (Å²) in [5, 5.41) is 11.1. The average molecular weight is 263 g/mol. The second-order valence-electron chi connectivity index (χ2n) is 3.73. The topological polar surface area (TPSA) is 36.7 Å². The van der Waals surface area contributed by atoms with Gasteiger partial charge >= 0.3 is 0 Å². The minimum atomic E-state index is 0.248. The van der Waals surface area contributed by atoms with Crippen molar-refractivity contribution < 1.29 is 0 Å². The van der Waals surface area contributed by atoms with Crippen LogP contribution in [0.5, 0.6) is 0 Å². The molecule has 0 aliphatic heterocycles. The molecule has 17 heavy (non-hydrogen) atoms. The van der Waals surface area contributed by atoms with Crippen molar-refractivity contribution in [3.63, 3.8) is 0 Å². The number of alkyl halides is 1. The molecule has 0 saturated carbocycles. The summed E-state index contributed by atoms with van der Waals surface area (Å²) in [6, 6.07) is 11.9. The predicted octanol–water partition coefficient (Wildman–Crippen LogP) is 3.83. The van der Waals surface area contributed by atoms with E-state index in [-0.39, 0.29) is 5.25 Å². The SMILES string of the molecule is CC(CCl)Sc1nc2ccccc2cc1C#N. The molecule has 1 aromatic carbocycles. The van der Waals surface area contributed by atoms with Gasteiger partial charge in [0, 0.05) is 16.5 Å². The average Bonchev–Trinajstić information content (AvgIpc) is 2.37. The summed E-state index contributed by atoms with van der Waals surface area (Å²) in [6.07, 6.45) is 0. The minimum Gasteiger partial charge on any atom is -0.240 e. The molecular formula is C13H11ClN2S. The molecule has 0 aliphatic carbocycles. The maximum Gasteiger partial charge on any atom is 0.115 e. The Balaban J connectivity index is 2.50. The van der Waals surface area contributed by atoms with Crippen molar-refractivity contribution in [1.29, 1.82) is 5.26 Å². The smallest absolute Gasteiger partial charge is 0.115 e. The van der Waals surface area contributed by atoms with Crippen LogP contribution in [0.4, 0.5) is 0 Å². The first-order chi connectivity index (χ1) is 8.24. The first kappa shape index (κ1) is 12.2. The zero-order valence-electron chi connectivity index (χ0n) is 9.35. The van der Waals surface area contributed by atoms with Gasteiger partial charge in [0.05, 0.1) is 11.1 Å². The predicted molar refractivity (Wildman–Crippen MR) is 72.5 cm³/mol. The molecule has 1 aromatic heterocycles. The molecule has 0 N–H and O–H groups in total. The van der Waals surface area contributed by atoms with Crippen LogP contribution >= 0.6 is 23.4 Å². The largest absolute Gasteiger partial charge is 0.240 e. The lowest BCUT2D eigenvalue weighted by molar-refractivity contribution is 1.09. The van der Waals surface area contributed by atoms with Crippen LogP contribution in [0, 0.1) is 11.3 Å². The summed E-state index contributed by atoms with van der Waals surface area (Å²) in [5.74, 6) is 0.546. The quantitative estimate of drug-likeness (QED) is 0.623. The molecule has 0 bridgehead atoms. The monoisotopic (exact) mass is 262 g/mol. The normalized spacial score (nSPS) is 12.3. The van der Waals surface area contributed by atoms with Gasteiger partial charge in [-0.15, -0.1) is 23.4 Å². The summed E-state index contributed by atoms with van der Waals surface area (Å²) in [7, 11) is 0. The number of pyridine rings is 1. The fourth-order valence-corrected chi connectivity index (χ4v) is 2.51. The van der Waals surface area contributed by atoms with E-state index in [1.165, 1.54) is 0 Å². The van der Waals surface area contributed by atoms with Crippen LogP contribution in [-0.4, -0.2) is 16.1 Å². The molecular weight excluding hydrogens is 252 g/mol. The van der Waals surface area contributed by atoms with Crippen LogP contribution in [0.3, 0.4) is 0 Å². The van der Waals surface area contributed by atoms with Crippen molar-refractivity contribution in [3.8, 4) is 6.07 Å². The lowest BCUT2D eigenvalue weighted by Crippen LogP contribution is -1.99. The summed E-state index contributed by atoms with van der Waals surface area (Å²) in [4.78, 5) is 4.52. The third kappa shape index (κ3) is 2.71. The first-order valence-electron chi connectivity index (χ1n) is 5.27. The van der Waals surface area contributed by atoms with E-state index in [9.17, 15) is 0 Å². The Hall–Kier alpha value is -1.24. The Bertz CT molecular complexity index is 577. The van der Waals surface area contributed by atoms with Gasteiger partial charge in [-0.3, -0.25) is 0 Å². The second kappa shape index (κ2) is 5.39. The fraction of sp³-hybridized carbons (Fsp3) is 0.231. The fourth-order valence-electron chi connectivity index (χ4n) is 1.49. The number of hydrogen-bond acceptors (Lipinski definition) is 3. The highest BCUT2D eigenvalue weighted by Crippen LogP contribution is 2.28. The molecule has 0 spiro atoms. The zero-order chi connectivity index (χ0) is 12.3. The van der Waals surface area contributed by atoms with Crippen molar-refractivity contribution in [1.82, 2.24) is 4.98 Å². The zero-order valence-corrected chi connectivity index (χ0v) is 10.9. The van der Waals surface area contributed by atoms with Crippen molar-refractivity contribution in [2.24, 2.45) is 0 Å².